The van der Waals surface area contributed by atoms with Crippen molar-refractivity contribution in [2.45, 2.75) is 23.3 Å². The van der Waals surface area contributed by atoms with Gasteiger partial charge in [0.15, 0.2) is 9.84 Å². The molecule has 0 atom stereocenters. The Balaban J connectivity index is 1.34. The van der Waals surface area contributed by atoms with Crippen molar-refractivity contribution in [1.82, 2.24) is 9.21 Å². The zero-order chi connectivity index (χ0) is 27.3. The number of anilines is 1. The number of allylic oxidation sites excluding steroid dienone is 1. The van der Waals surface area contributed by atoms with E-state index < -0.39 is 19.9 Å². The Bertz CT molecular complexity index is 1510. The highest BCUT2D eigenvalue weighted by Crippen LogP contribution is 2.21. The molecule has 0 spiro atoms. The van der Waals surface area contributed by atoms with E-state index in [1.165, 1.54) is 40.2 Å². The molecule has 1 aliphatic heterocycles. The molecule has 8 nitrogen and oxygen atoms in total. The van der Waals surface area contributed by atoms with E-state index >= 15 is 0 Å². The molecule has 0 radical (unpaired) electrons. The number of sulfone groups is 1. The molecule has 10 heteroatoms. The van der Waals surface area contributed by atoms with E-state index in [0.29, 0.717) is 37.4 Å². The Labute approximate surface area is 224 Å². The fraction of sp³-hybridized carbons (Fsp3) is 0.250. The first-order valence-electron chi connectivity index (χ1n) is 12.2. The fourth-order valence-electron chi connectivity index (χ4n) is 4.25. The highest BCUT2D eigenvalue weighted by molar-refractivity contribution is 7.90. The van der Waals surface area contributed by atoms with Crippen LogP contribution in [0.5, 0.6) is 0 Å². The van der Waals surface area contributed by atoms with Gasteiger partial charge in [0.1, 0.15) is 0 Å². The van der Waals surface area contributed by atoms with Crippen LogP contribution in [0.25, 0.3) is 5.57 Å². The summed E-state index contributed by atoms with van der Waals surface area (Å²) in [5.74, 6) is -0.375. The molecule has 0 aromatic heterocycles. The number of hydrogen-bond donors (Lipinski definition) is 1. The number of rotatable bonds is 8. The molecule has 3 aromatic rings. The number of amides is 1. The Kier molecular flexibility index (Phi) is 8.47. The van der Waals surface area contributed by atoms with Crippen molar-refractivity contribution in [3.8, 4) is 0 Å². The van der Waals surface area contributed by atoms with Gasteiger partial charge in [-0.25, -0.2) is 16.8 Å². The second kappa shape index (κ2) is 11.6. The fourth-order valence-corrected chi connectivity index (χ4v) is 6.30. The topological polar surface area (TPSA) is 104 Å². The monoisotopic (exact) mass is 553 g/mol. The average molecular weight is 554 g/mol. The van der Waals surface area contributed by atoms with E-state index in [0.717, 1.165) is 18.4 Å². The molecule has 1 saturated heterocycles. The summed E-state index contributed by atoms with van der Waals surface area (Å²) in [5.41, 5.74) is 3.06. The lowest BCUT2D eigenvalue weighted by Gasteiger charge is -2.34. The van der Waals surface area contributed by atoms with Crippen LogP contribution in [0, 0.1) is 0 Å². The van der Waals surface area contributed by atoms with Crippen LogP contribution < -0.4 is 5.32 Å². The van der Waals surface area contributed by atoms with E-state index in [2.05, 4.69) is 22.3 Å². The van der Waals surface area contributed by atoms with Crippen LogP contribution in [0.15, 0.2) is 94.7 Å². The summed E-state index contributed by atoms with van der Waals surface area (Å²) in [7, 11) is -6.93. The molecule has 1 aliphatic rings. The molecule has 200 valence electrons. The predicted molar refractivity (Wildman–Crippen MR) is 149 cm³/mol. The lowest BCUT2D eigenvalue weighted by Crippen LogP contribution is -2.48. The first kappa shape index (κ1) is 27.7. The number of hydrogen-bond acceptors (Lipinski definition) is 6. The van der Waals surface area contributed by atoms with Gasteiger partial charge in [0, 0.05) is 50.7 Å². The van der Waals surface area contributed by atoms with Gasteiger partial charge in [0.2, 0.25) is 15.9 Å². The van der Waals surface area contributed by atoms with Crippen molar-refractivity contribution < 1.29 is 21.6 Å². The first-order valence-corrected chi connectivity index (χ1v) is 15.5. The van der Waals surface area contributed by atoms with Crippen LogP contribution in [0.1, 0.15) is 18.1 Å². The quantitative estimate of drug-likeness (QED) is 0.427. The number of carbonyl (C=O) groups is 1. The summed E-state index contributed by atoms with van der Waals surface area (Å²) in [6.45, 7) is 4.70. The summed E-state index contributed by atoms with van der Waals surface area (Å²) < 4.78 is 51.0. The second-order valence-corrected chi connectivity index (χ2v) is 13.3. The molecule has 38 heavy (non-hydrogen) atoms. The molecule has 0 saturated carbocycles. The minimum Gasteiger partial charge on any atom is -0.323 e. The molecule has 0 aliphatic carbocycles. The SMILES string of the molecule is CC(=CC(=O)Nc1ccc(S(=O)(=O)N2CCN(Cc3ccccc3)CC2)cc1)c1ccc(S(C)(=O)=O)cc1. The third kappa shape index (κ3) is 6.96. The lowest BCUT2D eigenvalue weighted by molar-refractivity contribution is -0.111. The van der Waals surface area contributed by atoms with Gasteiger partial charge < -0.3 is 5.32 Å². The Hall–Kier alpha value is -3.31. The van der Waals surface area contributed by atoms with Crippen molar-refractivity contribution >= 4 is 37.0 Å². The van der Waals surface area contributed by atoms with Crippen molar-refractivity contribution in [3.63, 3.8) is 0 Å². The van der Waals surface area contributed by atoms with Gasteiger partial charge in [0.05, 0.1) is 9.79 Å². The highest BCUT2D eigenvalue weighted by Gasteiger charge is 2.28. The Morgan fingerprint density at radius 3 is 1.97 bits per heavy atom. The number of piperazine rings is 1. The van der Waals surface area contributed by atoms with Gasteiger partial charge in [-0.05, 0) is 60.0 Å². The molecule has 0 unspecified atom stereocenters. The third-order valence-electron chi connectivity index (χ3n) is 6.43. The van der Waals surface area contributed by atoms with Crippen molar-refractivity contribution in [2.24, 2.45) is 0 Å². The van der Waals surface area contributed by atoms with Crippen LogP contribution in [-0.4, -0.2) is 64.4 Å². The smallest absolute Gasteiger partial charge is 0.248 e. The molecule has 1 fully saturated rings. The van der Waals surface area contributed by atoms with Crippen LogP contribution >= 0.6 is 0 Å². The predicted octanol–water partition coefficient (Wildman–Crippen LogP) is 3.64. The number of sulfonamides is 1. The zero-order valence-electron chi connectivity index (χ0n) is 21.4. The minimum absolute atomic E-state index is 0.185. The molecule has 3 aromatic carbocycles. The van der Waals surface area contributed by atoms with Gasteiger partial charge >= 0.3 is 0 Å². The molecule has 1 N–H and O–H groups in total. The van der Waals surface area contributed by atoms with Gasteiger partial charge in [-0.2, -0.15) is 4.31 Å². The molecule has 1 heterocycles. The maximum absolute atomic E-state index is 13.1. The van der Waals surface area contributed by atoms with Crippen LogP contribution in [-0.2, 0) is 31.2 Å². The van der Waals surface area contributed by atoms with Crippen LogP contribution in [0.3, 0.4) is 0 Å². The normalized spacial score (nSPS) is 15.8. The standard InChI is InChI=1S/C28H31N3O5S2/c1-22(24-8-12-26(13-9-24)37(2,33)34)20-28(32)29-25-10-14-27(15-11-25)38(35,36)31-18-16-30(17-19-31)21-23-6-4-3-5-7-23/h3-15,20H,16-19,21H2,1-2H3,(H,29,32). The summed E-state index contributed by atoms with van der Waals surface area (Å²) in [6.07, 6.45) is 2.55. The van der Waals surface area contributed by atoms with E-state index in [1.54, 1.807) is 31.2 Å². The maximum atomic E-state index is 13.1. The second-order valence-electron chi connectivity index (χ2n) is 9.30. The summed E-state index contributed by atoms with van der Waals surface area (Å²) in [5, 5.41) is 2.74. The number of nitrogens with zero attached hydrogens (tertiary/aromatic N) is 2. The molecular formula is C28H31N3O5S2. The van der Waals surface area contributed by atoms with E-state index in [-0.39, 0.29) is 15.7 Å². The largest absolute Gasteiger partial charge is 0.323 e. The minimum atomic E-state index is -3.63. The molecule has 1 amide bonds. The summed E-state index contributed by atoms with van der Waals surface area (Å²) >= 11 is 0. The van der Waals surface area contributed by atoms with Gasteiger partial charge in [-0.1, -0.05) is 42.5 Å². The average Bonchev–Trinajstić information content (AvgIpc) is 2.89. The Morgan fingerprint density at radius 2 is 1.39 bits per heavy atom. The van der Waals surface area contributed by atoms with Crippen molar-refractivity contribution in [2.75, 3.05) is 37.8 Å². The number of nitrogens with one attached hydrogen (secondary N) is 1. The Morgan fingerprint density at radius 1 is 0.816 bits per heavy atom. The third-order valence-corrected chi connectivity index (χ3v) is 9.47. The molecule has 0 bridgehead atoms. The maximum Gasteiger partial charge on any atom is 0.248 e. The lowest BCUT2D eigenvalue weighted by atomic mass is 10.1. The van der Waals surface area contributed by atoms with E-state index in [1.807, 2.05) is 18.2 Å². The van der Waals surface area contributed by atoms with Crippen molar-refractivity contribution in [1.29, 1.82) is 0 Å². The highest BCUT2D eigenvalue weighted by atomic mass is 32.2. The van der Waals surface area contributed by atoms with Gasteiger partial charge in [-0.3, -0.25) is 9.69 Å². The first-order chi connectivity index (χ1) is 18.0. The number of carbonyl (C=O) groups excluding carboxylic acids is 1. The van der Waals surface area contributed by atoms with E-state index in [9.17, 15) is 21.6 Å². The summed E-state index contributed by atoms with van der Waals surface area (Å²) in [6, 6.07) is 22.6. The molecule has 4 rings (SSSR count). The zero-order valence-corrected chi connectivity index (χ0v) is 23.0. The van der Waals surface area contributed by atoms with Gasteiger partial charge in [-0.15, -0.1) is 0 Å². The summed E-state index contributed by atoms with van der Waals surface area (Å²) in [4.78, 5) is 15.1. The van der Waals surface area contributed by atoms with Crippen LogP contribution in [0.4, 0.5) is 5.69 Å². The van der Waals surface area contributed by atoms with Crippen LogP contribution in [0.2, 0.25) is 0 Å². The molecular weight excluding hydrogens is 522 g/mol. The van der Waals surface area contributed by atoms with Gasteiger partial charge in [0.25, 0.3) is 0 Å². The number of benzene rings is 3. The van der Waals surface area contributed by atoms with Crippen molar-refractivity contribution in [3.05, 3.63) is 96.1 Å². The van der Waals surface area contributed by atoms with E-state index in [4.69, 9.17) is 0 Å².